The zero-order valence-corrected chi connectivity index (χ0v) is 15.6. The first-order valence-electron chi connectivity index (χ1n) is 9.38. The number of hydrogen-bond acceptors (Lipinski definition) is 3. The van der Waals surface area contributed by atoms with Crippen LogP contribution in [0.2, 0.25) is 0 Å². The summed E-state index contributed by atoms with van der Waals surface area (Å²) in [5.41, 5.74) is 3.81. The maximum absolute atomic E-state index is 12.5. The molecule has 0 aliphatic heterocycles. The topological polar surface area (TPSA) is 47.6 Å². The summed E-state index contributed by atoms with van der Waals surface area (Å²) in [7, 11) is 1.64. The summed E-state index contributed by atoms with van der Waals surface area (Å²) < 4.78 is 11.1. The fourth-order valence-corrected chi connectivity index (χ4v) is 3.32. The quantitative estimate of drug-likeness (QED) is 0.817. The second-order valence-electron chi connectivity index (χ2n) is 6.72. The third kappa shape index (κ3) is 4.57. The number of ether oxygens (including phenoxy) is 2. The van der Waals surface area contributed by atoms with Crippen LogP contribution in [0.1, 0.15) is 42.9 Å². The number of carbonyl (C=O) groups excluding carboxylic acids is 1. The maximum atomic E-state index is 12.5. The van der Waals surface area contributed by atoms with Crippen molar-refractivity contribution >= 4 is 5.91 Å². The molecule has 1 unspecified atom stereocenters. The molecule has 4 nitrogen and oxygen atoms in total. The Hall–Kier alpha value is -2.49. The summed E-state index contributed by atoms with van der Waals surface area (Å²) in [6, 6.07) is 13.9. The molecule has 1 aliphatic carbocycles. The standard InChI is InChI=1S/C22H27NO3/c1-3-21(22(24)23-15-16-8-11-19(25-2)12-9-16)26-20-13-10-17-6-4-5-7-18(17)14-20/h8-14,21H,3-7,15H2,1-2H3,(H,23,24). The minimum Gasteiger partial charge on any atom is -0.497 e. The summed E-state index contributed by atoms with van der Waals surface area (Å²) in [6.07, 6.45) is 4.90. The molecule has 0 saturated heterocycles. The zero-order chi connectivity index (χ0) is 18.4. The highest BCUT2D eigenvalue weighted by Gasteiger charge is 2.19. The highest BCUT2D eigenvalue weighted by Crippen LogP contribution is 2.26. The number of methoxy groups -OCH3 is 1. The molecular weight excluding hydrogens is 326 g/mol. The molecule has 0 fully saturated rings. The van der Waals surface area contributed by atoms with Gasteiger partial charge in [-0.25, -0.2) is 0 Å². The lowest BCUT2D eigenvalue weighted by Crippen LogP contribution is -2.37. The Morgan fingerprint density at radius 2 is 1.73 bits per heavy atom. The fraction of sp³-hybridized carbons (Fsp3) is 0.409. The smallest absolute Gasteiger partial charge is 0.261 e. The molecule has 1 N–H and O–H groups in total. The predicted octanol–water partition coefficient (Wildman–Crippen LogP) is 4.05. The number of hydrogen-bond donors (Lipinski definition) is 1. The van der Waals surface area contributed by atoms with E-state index in [9.17, 15) is 4.79 Å². The Morgan fingerprint density at radius 1 is 1.04 bits per heavy atom. The largest absolute Gasteiger partial charge is 0.497 e. The lowest BCUT2D eigenvalue weighted by molar-refractivity contribution is -0.128. The summed E-state index contributed by atoms with van der Waals surface area (Å²) in [4.78, 5) is 12.5. The maximum Gasteiger partial charge on any atom is 0.261 e. The van der Waals surface area contributed by atoms with Crippen LogP contribution in [0.4, 0.5) is 0 Å². The van der Waals surface area contributed by atoms with Gasteiger partial charge in [0.25, 0.3) is 5.91 Å². The number of fused-ring (bicyclic) bond motifs is 1. The molecule has 138 valence electrons. The summed E-state index contributed by atoms with van der Waals surface area (Å²) in [6.45, 7) is 2.45. The van der Waals surface area contributed by atoms with Crippen LogP contribution in [0, 0.1) is 0 Å². The molecule has 0 saturated carbocycles. The van der Waals surface area contributed by atoms with Crippen molar-refractivity contribution in [3.8, 4) is 11.5 Å². The number of carbonyl (C=O) groups is 1. The molecule has 2 aromatic carbocycles. The van der Waals surface area contributed by atoms with Gasteiger partial charge in [-0.1, -0.05) is 25.1 Å². The van der Waals surface area contributed by atoms with Gasteiger partial charge in [-0.05, 0) is 73.1 Å². The van der Waals surface area contributed by atoms with Crippen LogP contribution in [0.5, 0.6) is 11.5 Å². The van der Waals surface area contributed by atoms with Crippen molar-refractivity contribution in [2.45, 2.75) is 51.7 Å². The van der Waals surface area contributed by atoms with Crippen LogP contribution in [0.25, 0.3) is 0 Å². The van der Waals surface area contributed by atoms with E-state index in [2.05, 4.69) is 17.4 Å². The predicted molar refractivity (Wildman–Crippen MR) is 103 cm³/mol. The van der Waals surface area contributed by atoms with Crippen LogP contribution in [0.3, 0.4) is 0 Å². The van der Waals surface area contributed by atoms with Gasteiger partial charge in [0, 0.05) is 6.54 Å². The Balaban J connectivity index is 1.58. The molecule has 4 heteroatoms. The minimum absolute atomic E-state index is 0.0824. The van der Waals surface area contributed by atoms with Crippen LogP contribution >= 0.6 is 0 Å². The molecule has 1 amide bonds. The van der Waals surface area contributed by atoms with Gasteiger partial charge in [0.2, 0.25) is 0 Å². The van der Waals surface area contributed by atoms with Gasteiger partial charge >= 0.3 is 0 Å². The normalized spacial score (nSPS) is 14.2. The minimum atomic E-state index is -0.477. The van der Waals surface area contributed by atoms with E-state index in [-0.39, 0.29) is 5.91 Å². The van der Waals surface area contributed by atoms with E-state index in [1.54, 1.807) is 7.11 Å². The molecule has 0 radical (unpaired) electrons. The van der Waals surface area contributed by atoms with Gasteiger partial charge in [-0.2, -0.15) is 0 Å². The van der Waals surface area contributed by atoms with Gasteiger partial charge in [0.05, 0.1) is 7.11 Å². The van der Waals surface area contributed by atoms with Crippen molar-refractivity contribution in [2.75, 3.05) is 7.11 Å². The Bertz CT molecular complexity index is 740. The molecule has 0 aromatic heterocycles. The third-order valence-corrected chi connectivity index (χ3v) is 4.89. The van der Waals surface area contributed by atoms with E-state index in [1.807, 2.05) is 37.3 Å². The molecule has 0 bridgehead atoms. The molecule has 1 aliphatic rings. The van der Waals surface area contributed by atoms with E-state index in [0.29, 0.717) is 13.0 Å². The summed E-state index contributed by atoms with van der Waals surface area (Å²) in [5, 5.41) is 2.97. The van der Waals surface area contributed by atoms with Crippen molar-refractivity contribution in [2.24, 2.45) is 0 Å². The van der Waals surface area contributed by atoms with Gasteiger partial charge in [-0.3, -0.25) is 4.79 Å². The second kappa shape index (κ2) is 8.75. The van der Waals surface area contributed by atoms with Crippen molar-refractivity contribution in [3.63, 3.8) is 0 Å². The Morgan fingerprint density at radius 3 is 2.42 bits per heavy atom. The van der Waals surface area contributed by atoms with E-state index in [1.165, 1.54) is 24.0 Å². The number of benzene rings is 2. The number of amides is 1. The Labute approximate surface area is 155 Å². The van der Waals surface area contributed by atoms with Gasteiger partial charge in [-0.15, -0.1) is 0 Å². The van der Waals surface area contributed by atoms with E-state index < -0.39 is 6.10 Å². The van der Waals surface area contributed by atoms with Crippen LogP contribution in [-0.2, 0) is 24.2 Å². The van der Waals surface area contributed by atoms with Crippen molar-refractivity contribution in [1.82, 2.24) is 5.32 Å². The molecule has 0 heterocycles. The monoisotopic (exact) mass is 353 g/mol. The Kier molecular flexibility index (Phi) is 6.16. The summed E-state index contributed by atoms with van der Waals surface area (Å²) >= 11 is 0. The van der Waals surface area contributed by atoms with Gasteiger partial charge in [0.1, 0.15) is 11.5 Å². The van der Waals surface area contributed by atoms with E-state index in [0.717, 1.165) is 29.9 Å². The van der Waals surface area contributed by atoms with Gasteiger partial charge < -0.3 is 14.8 Å². The first kappa shape index (κ1) is 18.3. The molecule has 3 rings (SSSR count). The molecular formula is C22H27NO3. The SMILES string of the molecule is CCC(Oc1ccc2c(c1)CCCC2)C(=O)NCc1ccc(OC)cc1. The fourth-order valence-electron chi connectivity index (χ4n) is 3.32. The summed E-state index contributed by atoms with van der Waals surface area (Å²) in [5.74, 6) is 1.51. The molecule has 0 spiro atoms. The molecule has 26 heavy (non-hydrogen) atoms. The highest BCUT2D eigenvalue weighted by molar-refractivity contribution is 5.81. The van der Waals surface area contributed by atoms with Crippen LogP contribution < -0.4 is 14.8 Å². The van der Waals surface area contributed by atoms with Crippen molar-refractivity contribution in [1.29, 1.82) is 0 Å². The molecule has 1 atom stereocenters. The van der Waals surface area contributed by atoms with Crippen LogP contribution in [-0.4, -0.2) is 19.1 Å². The third-order valence-electron chi connectivity index (χ3n) is 4.89. The van der Waals surface area contributed by atoms with E-state index >= 15 is 0 Å². The number of rotatable bonds is 7. The number of nitrogens with one attached hydrogen (secondary N) is 1. The first-order chi connectivity index (χ1) is 12.7. The molecule has 2 aromatic rings. The van der Waals surface area contributed by atoms with Crippen molar-refractivity contribution in [3.05, 3.63) is 59.2 Å². The lowest BCUT2D eigenvalue weighted by atomic mass is 9.92. The number of aryl methyl sites for hydroxylation is 2. The lowest BCUT2D eigenvalue weighted by Gasteiger charge is -2.20. The highest BCUT2D eigenvalue weighted by atomic mass is 16.5. The van der Waals surface area contributed by atoms with Crippen molar-refractivity contribution < 1.29 is 14.3 Å². The average Bonchev–Trinajstić information content (AvgIpc) is 2.70. The van der Waals surface area contributed by atoms with E-state index in [4.69, 9.17) is 9.47 Å². The van der Waals surface area contributed by atoms with Gasteiger partial charge in [0.15, 0.2) is 6.10 Å². The average molecular weight is 353 g/mol. The first-order valence-corrected chi connectivity index (χ1v) is 9.38. The zero-order valence-electron chi connectivity index (χ0n) is 15.6. The second-order valence-corrected chi connectivity index (χ2v) is 6.72. The van der Waals surface area contributed by atoms with Crippen LogP contribution in [0.15, 0.2) is 42.5 Å².